The van der Waals surface area contributed by atoms with E-state index in [9.17, 15) is 9.59 Å². The summed E-state index contributed by atoms with van der Waals surface area (Å²) in [5.74, 6) is -1.07. The summed E-state index contributed by atoms with van der Waals surface area (Å²) >= 11 is 3.36. The molecule has 3 N–H and O–H groups in total. The van der Waals surface area contributed by atoms with E-state index in [2.05, 4.69) is 31.2 Å². The number of benzene rings is 2. The third-order valence-corrected chi connectivity index (χ3v) is 4.67. The average molecular weight is 436 g/mol. The Morgan fingerprint density at radius 1 is 1.04 bits per heavy atom. The van der Waals surface area contributed by atoms with Gasteiger partial charge in [-0.3, -0.25) is 14.0 Å². The monoisotopic (exact) mass is 435 g/mol. The fourth-order valence-electron chi connectivity index (χ4n) is 2.80. The summed E-state index contributed by atoms with van der Waals surface area (Å²) < 4.78 is 2.37. The molecular weight excluding hydrogens is 422 g/mol. The highest BCUT2D eigenvalue weighted by atomic mass is 79.9. The summed E-state index contributed by atoms with van der Waals surface area (Å²) in [5.41, 5.74) is 7.92. The molecule has 0 aliphatic carbocycles. The van der Waals surface area contributed by atoms with Crippen molar-refractivity contribution in [1.82, 2.24) is 14.4 Å². The van der Waals surface area contributed by atoms with Gasteiger partial charge in [0.2, 0.25) is 0 Å². The maximum Gasteiger partial charge on any atom is 0.272 e. The van der Waals surface area contributed by atoms with Crippen LogP contribution in [-0.4, -0.2) is 26.2 Å². The molecule has 2 aromatic carbocycles. The molecule has 0 saturated carbocycles. The van der Waals surface area contributed by atoms with Crippen LogP contribution >= 0.6 is 15.9 Å². The number of anilines is 1. The first kappa shape index (κ1) is 17.9. The number of hydrogen-bond donors (Lipinski definition) is 2. The van der Waals surface area contributed by atoms with E-state index < -0.39 is 5.91 Å². The van der Waals surface area contributed by atoms with Crippen molar-refractivity contribution >= 4 is 39.1 Å². The topological polar surface area (TPSA) is 102 Å². The van der Waals surface area contributed by atoms with Gasteiger partial charge in [-0.2, -0.15) is 0 Å². The molecule has 2 amide bonds. The SMILES string of the molecule is NC(=O)c1ncn2c(C(=O)Nc3ccc(Br)cc3)cc(-c3ccccc3)nc12. The number of hydrogen-bond acceptors (Lipinski definition) is 4. The number of nitrogens with zero attached hydrogens (tertiary/aromatic N) is 3. The van der Waals surface area contributed by atoms with Gasteiger partial charge in [0.25, 0.3) is 11.8 Å². The summed E-state index contributed by atoms with van der Waals surface area (Å²) in [7, 11) is 0. The van der Waals surface area contributed by atoms with Gasteiger partial charge >= 0.3 is 0 Å². The van der Waals surface area contributed by atoms with Crippen LogP contribution in [0.25, 0.3) is 16.9 Å². The minimum atomic E-state index is -0.709. The number of carbonyl (C=O) groups is 2. The molecule has 138 valence electrons. The van der Waals surface area contributed by atoms with Crippen LogP contribution < -0.4 is 11.1 Å². The minimum Gasteiger partial charge on any atom is -0.364 e. The molecule has 0 atom stereocenters. The standard InChI is InChI=1S/C20H14BrN5O2/c21-13-6-8-14(9-7-13)24-20(28)16-10-15(12-4-2-1-3-5-12)25-19-17(18(22)27)23-11-26(16)19/h1-11H,(H2,22,27)(H,24,28). The van der Waals surface area contributed by atoms with E-state index >= 15 is 0 Å². The molecular formula is C20H14BrN5O2. The molecule has 0 aliphatic rings. The second kappa shape index (κ2) is 7.24. The lowest BCUT2D eigenvalue weighted by molar-refractivity contribution is 0.0993. The minimum absolute atomic E-state index is 0.00970. The van der Waals surface area contributed by atoms with Crippen LogP contribution in [-0.2, 0) is 0 Å². The normalized spacial score (nSPS) is 10.8. The molecule has 0 fully saturated rings. The number of nitrogens with one attached hydrogen (secondary N) is 1. The van der Waals surface area contributed by atoms with Gasteiger partial charge in [0.15, 0.2) is 11.3 Å². The van der Waals surface area contributed by atoms with Crippen LogP contribution in [0.15, 0.2) is 71.5 Å². The van der Waals surface area contributed by atoms with Crippen LogP contribution in [0.5, 0.6) is 0 Å². The average Bonchev–Trinajstić information content (AvgIpc) is 3.14. The van der Waals surface area contributed by atoms with Crippen molar-refractivity contribution in [3.8, 4) is 11.3 Å². The zero-order chi connectivity index (χ0) is 19.7. The van der Waals surface area contributed by atoms with Crippen LogP contribution in [0.3, 0.4) is 0 Å². The van der Waals surface area contributed by atoms with E-state index in [0.717, 1.165) is 10.0 Å². The maximum atomic E-state index is 13.0. The molecule has 0 radical (unpaired) electrons. The quantitative estimate of drug-likeness (QED) is 0.511. The predicted octanol–water partition coefficient (Wildman–Crippen LogP) is 3.51. The van der Waals surface area contributed by atoms with Gasteiger partial charge in [0, 0.05) is 15.7 Å². The van der Waals surface area contributed by atoms with E-state index in [-0.39, 0.29) is 22.9 Å². The second-order valence-corrected chi connectivity index (χ2v) is 6.92. The first-order chi connectivity index (χ1) is 13.5. The third-order valence-electron chi connectivity index (χ3n) is 4.14. The number of imidazole rings is 1. The maximum absolute atomic E-state index is 13.0. The van der Waals surface area contributed by atoms with Crippen molar-refractivity contribution in [3.63, 3.8) is 0 Å². The zero-order valence-electron chi connectivity index (χ0n) is 14.5. The molecule has 4 rings (SSSR count). The van der Waals surface area contributed by atoms with Crippen molar-refractivity contribution in [3.05, 3.63) is 82.9 Å². The summed E-state index contributed by atoms with van der Waals surface area (Å²) in [6.45, 7) is 0. The smallest absolute Gasteiger partial charge is 0.272 e. The van der Waals surface area contributed by atoms with Gasteiger partial charge in [-0.1, -0.05) is 46.3 Å². The van der Waals surface area contributed by atoms with Crippen LogP contribution in [0.2, 0.25) is 0 Å². The number of nitrogens with two attached hydrogens (primary N) is 1. The molecule has 0 aliphatic heterocycles. The highest BCUT2D eigenvalue weighted by molar-refractivity contribution is 9.10. The molecule has 2 heterocycles. The number of amides is 2. The van der Waals surface area contributed by atoms with Crippen molar-refractivity contribution in [2.75, 3.05) is 5.32 Å². The number of rotatable bonds is 4. The Hall–Kier alpha value is -3.52. The first-order valence-corrected chi connectivity index (χ1v) is 9.12. The Morgan fingerprint density at radius 2 is 1.75 bits per heavy atom. The van der Waals surface area contributed by atoms with Gasteiger partial charge in [-0.15, -0.1) is 0 Å². The lowest BCUT2D eigenvalue weighted by Crippen LogP contribution is -2.17. The highest BCUT2D eigenvalue weighted by Crippen LogP contribution is 2.22. The van der Waals surface area contributed by atoms with Crippen LogP contribution in [0, 0.1) is 0 Å². The largest absolute Gasteiger partial charge is 0.364 e. The Labute approximate surface area is 168 Å². The number of halogens is 1. The molecule has 2 aromatic heterocycles. The van der Waals surface area contributed by atoms with Gasteiger partial charge in [0.1, 0.15) is 12.0 Å². The molecule has 28 heavy (non-hydrogen) atoms. The second-order valence-electron chi connectivity index (χ2n) is 6.00. The van der Waals surface area contributed by atoms with Crippen LogP contribution in [0.4, 0.5) is 5.69 Å². The summed E-state index contributed by atoms with van der Waals surface area (Å²) in [6.07, 6.45) is 1.37. The first-order valence-electron chi connectivity index (χ1n) is 8.33. The number of carbonyl (C=O) groups excluding carboxylic acids is 2. The van der Waals surface area contributed by atoms with Gasteiger partial charge in [0.05, 0.1) is 5.69 Å². The van der Waals surface area contributed by atoms with Crippen molar-refractivity contribution < 1.29 is 9.59 Å². The molecule has 0 saturated heterocycles. The summed E-state index contributed by atoms with van der Waals surface area (Å²) in [4.78, 5) is 33.2. The number of primary amides is 1. The molecule has 8 heteroatoms. The molecule has 0 bridgehead atoms. The highest BCUT2D eigenvalue weighted by Gasteiger charge is 2.19. The van der Waals surface area contributed by atoms with Gasteiger partial charge < -0.3 is 11.1 Å². The Morgan fingerprint density at radius 3 is 2.43 bits per heavy atom. The number of aromatic nitrogens is 3. The van der Waals surface area contributed by atoms with Crippen LogP contribution in [0.1, 0.15) is 21.0 Å². The fourth-order valence-corrected chi connectivity index (χ4v) is 3.07. The zero-order valence-corrected chi connectivity index (χ0v) is 16.1. The predicted molar refractivity (Wildman–Crippen MR) is 109 cm³/mol. The Balaban J connectivity index is 1.85. The van der Waals surface area contributed by atoms with E-state index in [1.165, 1.54) is 10.7 Å². The summed E-state index contributed by atoms with van der Waals surface area (Å²) in [6, 6.07) is 18.2. The Bertz CT molecular complexity index is 1190. The lowest BCUT2D eigenvalue weighted by Gasteiger charge is -2.10. The van der Waals surface area contributed by atoms with E-state index in [4.69, 9.17) is 5.73 Å². The van der Waals surface area contributed by atoms with E-state index in [0.29, 0.717) is 11.4 Å². The van der Waals surface area contributed by atoms with Crippen molar-refractivity contribution in [1.29, 1.82) is 0 Å². The molecule has 0 unspecified atom stereocenters. The molecule has 7 nitrogen and oxygen atoms in total. The molecule has 0 spiro atoms. The number of fused-ring (bicyclic) bond motifs is 1. The summed E-state index contributed by atoms with van der Waals surface area (Å²) in [5, 5.41) is 2.84. The van der Waals surface area contributed by atoms with E-state index in [1.54, 1.807) is 18.2 Å². The third kappa shape index (κ3) is 3.37. The molecule has 4 aromatic rings. The lowest BCUT2D eigenvalue weighted by atomic mass is 10.1. The fraction of sp³-hybridized carbons (Fsp3) is 0. The van der Waals surface area contributed by atoms with E-state index in [1.807, 2.05) is 42.5 Å². The van der Waals surface area contributed by atoms with Crippen molar-refractivity contribution in [2.45, 2.75) is 0 Å². The Kier molecular flexibility index (Phi) is 4.62. The van der Waals surface area contributed by atoms with Crippen molar-refractivity contribution in [2.24, 2.45) is 5.73 Å². The van der Waals surface area contributed by atoms with Gasteiger partial charge in [-0.25, -0.2) is 9.97 Å². The van der Waals surface area contributed by atoms with Gasteiger partial charge in [-0.05, 0) is 30.3 Å².